The number of benzene rings is 1. The van der Waals surface area contributed by atoms with Crippen LogP contribution in [0.25, 0.3) is 5.69 Å². The molecule has 130 valence electrons. The Hall–Kier alpha value is -2.41. The lowest BCUT2D eigenvalue weighted by atomic mass is 10.2. The number of hydrogen-bond acceptors (Lipinski definition) is 5. The molecule has 0 aliphatic rings. The van der Waals surface area contributed by atoms with Gasteiger partial charge in [0.05, 0.1) is 11.4 Å². The maximum absolute atomic E-state index is 12.6. The van der Waals surface area contributed by atoms with Crippen LogP contribution in [0.3, 0.4) is 0 Å². The van der Waals surface area contributed by atoms with Gasteiger partial charge in [-0.25, -0.2) is 0 Å². The average molecular weight is 355 g/mol. The molecule has 6 nitrogen and oxygen atoms in total. The highest BCUT2D eigenvalue weighted by atomic mass is 32.2. The largest absolute Gasteiger partial charge is 0.349 e. The van der Waals surface area contributed by atoms with Gasteiger partial charge >= 0.3 is 0 Å². The van der Waals surface area contributed by atoms with Crippen LogP contribution in [0.2, 0.25) is 0 Å². The third kappa shape index (κ3) is 3.51. The molecule has 25 heavy (non-hydrogen) atoms. The van der Waals surface area contributed by atoms with E-state index in [1.54, 1.807) is 4.68 Å². The Kier molecular flexibility index (Phi) is 5.03. The number of hydrogen-bond donors (Lipinski definition) is 0. The molecule has 0 atom stereocenters. The number of Topliss-reactive ketones (excluding diaryl/α,β-unsaturated/α-hetero) is 1. The van der Waals surface area contributed by atoms with E-state index in [2.05, 4.69) is 27.0 Å². The van der Waals surface area contributed by atoms with E-state index >= 15 is 0 Å². The van der Waals surface area contributed by atoms with Crippen LogP contribution in [0.15, 0.2) is 35.5 Å². The lowest BCUT2D eigenvalue weighted by Crippen LogP contribution is -2.07. The molecule has 0 saturated heterocycles. The zero-order valence-corrected chi connectivity index (χ0v) is 15.7. The standard InChI is InChI=1S/C18H21N5OS/c1-5-22-13(3)10-16(14(22)4)17(24)11-25-18-19-20-21-23(18)15-8-6-7-12(2)9-15/h6-10H,5,11H2,1-4H3. The molecule has 0 bridgehead atoms. The summed E-state index contributed by atoms with van der Waals surface area (Å²) in [6.07, 6.45) is 0. The molecule has 0 spiro atoms. The van der Waals surface area contributed by atoms with Crippen LogP contribution in [0.5, 0.6) is 0 Å². The molecule has 0 amide bonds. The Morgan fingerprint density at radius 3 is 2.68 bits per heavy atom. The van der Waals surface area contributed by atoms with Gasteiger partial charge in [-0.05, 0) is 61.9 Å². The first-order valence-electron chi connectivity index (χ1n) is 8.19. The van der Waals surface area contributed by atoms with Gasteiger partial charge in [0.1, 0.15) is 0 Å². The number of rotatable bonds is 6. The maximum Gasteiger partial charge on any atom is 0.214 e. The van der Waals surface area contributed by atoms with Gasteiger partial charge in [-0.3, -0.25) is 4.79 Å². The van der Waals surface area contributed by atoms with E-state index in [0.29, 0.717) is 10.9 Å². The van der Waals surface area contributed by atoms with E-state index in [-0.39, 0.29) is 5.78 Å². The van der Waals surface area contributed by atoms with Crippen molar-refractivity contribution >= 4 is 17.5 Å². The topological polar surface area (TPSA) is 65.6 Å². The first kappa shape index (κ1) is 17.4. The second-order valence-electron chi connectivity index (χ2n) is 5.95. The van der Waals surface area contributed by atoms with E-state index in [9.17, 15) is 4.79 Å². The molecular formula is C18H21N5OS. The summed E-state index contributed by atoms with van der Waals surface area (Å²) in [7, 11) is 0. The molecule has 3 rings (SSSR count). The minimum Gasteiger partial charge on any atom is -0.349 e. The first-order chi connectivity index (χ1) is 12.0. The molecule has 0 radical (unpaired) electrons. The third-order valence-electron chi connectivity index (χ3n) is 4.21. The normalized spacial score (nSPS) is 11.0. The number of thioether (sulfide) groups is 1. The van der Waals surface area contributed by atoms with Crippen molar-refractivity contribution < 1.29 is 4.79 Å². The van der Waals surface area contributed by atoms with Crippen LogP contribution >= 0.6 is 11.8 Å². The minimum absolute atomic E-state index is 0.0941. The Morgan fingerprint density at radius 2 is 2.00 bits per heavy atom. The molecule has 2 heterocycles. The number of aryl methyl sites for hydroxylation is 2. The van der Waals surface area contributed by atoms with Crippen molar-refractivity contribution in [1.82, 2.24) is 24.8 Å². The van der Waals surface area contributed by atoms with Crippen LogP contribution in [0.1, 0.15) is 34.2 Å². The van der Waals surface area contributed by atoms with Crippen molar-refractivity contribution in [3.8, 4) is 5.69 Å². The van der Waals surface area contributed by atoms with Crippen molar-refractivity contribution in [2.75, 3.05) is 5.75 Å². The van der Waals surface area contributed by atoms with Crippen LogP contribution in [0, 0.1) is 20.8 Å². The SMILES string of the molecule is CCn1c(C)cc(C(=O)CSc2nnnn2-c2cccc(C)c2)c1C. The number of carbonyl (C=O) groups excluding carboxylic acids is 1. The predicted octanol–water partition coefficient (Wildman–Crippen LogP) is 3.38. The van der Waals surface area contributed by atoms with Crippen molar-refractivity contribution in [2.45, 2.75) is 39.4 Å². The Morgan fingerprint density at radius 1 is 1.20 bits per heavy atom. The highest BCUT2D eigenvalue weighted by Crippen LogP contribution is 2.22. The lowest BCUT2D eigenvalue weighted by Gasteiger charge is -2.06. The van der Waals surface area contributed by atoms with Crippen LogP contribution in [-0.2, 0) is 6.54 Å². The molecule has 7 heteroatoms. The predicted molar refractivity (Wildman–Crippen MR) is 98.5 cm³/mol. The molecule has 3 aromatic rings. The first-order valence-corrected chi connectivity index (χ1v) is 9.18. The van der Waals surface area contributed by atoms with Gasteiger partial charge in [-0.1, -0.05) is 23.9 Å². The molecule has 0 N–H and O–H groups in total. The van der Waals surface area contributed by atoms with Gasteiger partial charge in [0, 0.05) is 23.5 Å². The Bertz CT molecular complexity index is 912. The Balaban J connectivity index is 1.77. The fourth-order valence-corrected chi connectivity index (χ4v) is 3.74. The number of nitrogens with zero attached hydrogens (tertiary/aromatic N) is 5. The fourth-order valence-electron chi connectivity index (χ4n) is 2.97. The molecule has 0 unspecified atom stereocenters. The zero-order chi connectivity index (χ0) is 18.0. The summed E-state index contributed by atoms with van der Waals surface area (Å²) in [4.78, 5) is 12.6. The number of tetrazole rings is 1. The van der Waals surface area contributed by atoms with Gasteiger partial charge in [0.2, 0.25) is 5.16 Å². The minimum atomic E-state index is 0.0941. The molecule has 0 fully saturated rings. The molecule has 1 aromatic carbocycles. The summed E-state index contributed by atoms with van der Waals surface area (Å²) >= 11 is 1.36. The summed E-state index contributed by atoms with van der Waals surface area (Å²) in [5, 5.41) is 12.5. The van der Waals surface area contributed by atoms with E-state index in [4.69, 9.17) is 0 Å². The van der Waals surface area contributed by atoms with Gasteiger partial charge < -0.3 is 4.57 Å². The summed E-state index contributed by atoms with van der Waals surface area (Å²) in [6.45, 7) is 8.99. The second kappa shape index (κ2) is 7.23. The van der Waals surface area contributed by atoms with E-state index < -0.39 is 0 Å². The summed E-state index contributed by atoms with van der Waals surface area (Å²) in [5.41, 5.74) is 4.93. The zero-order valence-electron chi connectivity index (χ0n) is 14.9. The number of carbonyl (C=O) groups is 1. The second-order valence-corrected chi connectivity index (χ2v) is 6.90. The summed E-state index contributed by atoms with van der Waals surface area (Å²) < 4.78 is 3.81. The van der Waals surface area contributed by atoms with Crippen molar-refractivity contribution in [1.29, 1.82) is 0 Å². The van der Waals surface area contributed by atoms with Gasteiger partial charge in [0.15, 0.2) is 5.78 Å². The highest BCUT2D eigenvalue weighted by Gasteiger charge is 2.17. The van der Waals surface area contributed by atoms with Gasteiger partial charge in [-0.2, -0.15) is 4.68 Å². The van der Waals surface area contributed by atoms with Gasteiger partial charge in [-0.15, -0.1) is 5.10 Å². The third-order valence-corrected chi connectivity index (χ3v) is 5.13. The van der Waals surface area contributed by atoms with E-state index in [0.717, 1.165) is 34.7 Å². The maximum atomic E-state index is 12.6. The smallest absolute Gasteiger partial charge is 0.214 e. The number of ketones is 1. The molecule has 2 aromatic heterocycles. The highest BCUT2D eigenvalue weighted by molar-refractivity contribution is 7.99. The van der Waals surface area contributed by atoms with Crippen molar-refractivity contribution in [3.63, 3.8) is 0 Å². The van der Waals surface area contributed by atoms with Crippen LogP contribution < -0.4 is 0 Å². The summed E-state index contributed by atoms with van der Waals surface area (Å²) in [6, 6.07) is 9.91. The number of aromatic nitrogens is 5. The van der Waals surface area contributed by atoms with E-state index in [1.807, 2.05) is 51.1 Å². The van der Waals surface area contributed by atoms with E-state index in [1.165, 1.54) is 11.8 Å². The van der Waals surface area contributed by atoms with Crippen molar-refractivity contribution in [2.24, 2.45) is 0 Å². The fraction of sp³-hybridized carbons (Fsp3) is 0.333. The van der Waals surface area contributed by atoms with Crippen LogP contribution in [-0.4, -0.2) is 36.3 Å². The summed E-state index contributed by atoms with van der Waals surface area (Å²) in [5.74, 6) is 0.400. The quantitative estimate of drug-likeness (QED) is 0.501. The molecular weight excluding hydrogens is 334 g/mol. The molecule has 0 saturated carbocycles. The Labute approximate surface area is 151 Å². The molecule has 0 aliphatic heterocycles. The molecule has 0 aliphatic carbocycles. The van der Waals surface area contributed by atoms with Gasteiger partial charge in [0.25, 0.3) is 0 Å². The monoisotopic (exact) mass is 355 g/mol. The van der Waals surface area contributed by atoms with Crippen molar-refractivity contribution in [3.05, 3.63) is 52.8 Å². The lowest BCUT2D eigenvalue weighted by molar-refractivity contribution is 0.102. The van der Waals surface area contributed by atoms with Crippen LogP contribution in [0.4, 0.5) is 0 Å². The average Bonchev–Trinajstić information content (AvgIpc) is 3.17.